The maximum atomic E-state index is 6.49. The molecule has 1 aromatic rings. The van der Waals surface area contributed by atoms with Crippen LogP contribution in [0.3, 0.4) is 0 Å². The summed E-state index contributed by atoms with van der Waals surface area (Å²) < 4.78 is 12.4. The normalized spacial score (nSPS) is 37.5. The minimum atomic E-state index is 0.451. The van der Waals surface area contributed by atoms with Crippen LogP contribution < -0.4 is 16.2 Å². The van der Waals surface area contributed by atoms with E-state index in [2.05, 4.69) is 41.5 Å². The van der Waals surface area contributed by atoms with E-state index >= 15 is 0 Å². The van der Waals surface area contributed by atoms with Crippen LogP contribution in [0.1, 0.15) is 125 Å². The van der Waals surface area contributed by atoms with Crippen LogP contribution in [0, 0.1) is 58.2 Å². The molecule has 0 bridgehead atoms. The van der Waals surface area contributed by atoms with E-state index in [9.17, 15) is 0 Å². The van der Waals surface area contributed by atoms with Crippen LogP contribution in [0.5, 0.6) is 5.75 Å². The van der Waals surface area contributed by atoms with E-state index in [0.717, 1.165) is 72.5 Å². The Morgan fingerprint density at radius 1 is 0.833 bits per heavy atom. The highest BCUT2D eigenvalue weighted by Gasteiger charge is 2.60. The number of nitrogen functional groups attached to an aromatic ring is 2. The monoisotopic (exact) mass is 580 g/mol. The number of anilines is 2. The maximum Gasteiger partial charge on any atom is 0.142 e. The van der Waals surface area contributed by atoms with E-state index in [1.54, 1.807) is 6.07 Å². The maximum absolute atomic E-state index is 6.49. The molecule has 4 fully saturated rings. The van der Waals surface area contributed by atoms with Crippen molar-refractivity contribution in [2.45, 2.75) is 131 Å². The second-order valence-electron chi connectivity index (χ2n) is 16.3. The van der Waals surface area contributed by atoms with Gasteiger partial charge in [-0.25, -0.2) is 0 Å². The largest absolute Gasteiger partial charge is 0.491 e. The fourth-order valence-corrected chi connectivity index (χ4v) is 10.7. The lowest BCUT2D eigenvalue weighted by Crippen LogP contribution is -2.54. The number of fused-ring (bicyclic) bond motifs is 5. The molecule has 238 valence electrons. The van der Waals surface area contributed by atoms with Gasteiger partial charge in [0.05, 0.1) is 18.4 Å². The Morgan fingerprint density at radius 2 is 1.57 bits per heavy atom. The topological polar surface area (TPSA) is 70.5 Å². The molecule has 10 atom stereocenters. The van der Waals surface area contributed by atoms with Crippen LogP contribution in [-0.2, 0) is 4.74 Å². The minimum Gasteiger partial charge on any atom is -0.491 e. The molecule has 0 heterocycles. The van der Waals surface area contributed by atoms with Crippen molar-refractivity contribution >= 4 is 11.4 Å². The zero-order valence-electron chi connectivity index (χ0n) is 28.0. The van der Waals surface area contributed by atoms with Gasteiger partial charge in [0.25, 0.3) is 0 Å². The van der Waals surface area contributed by atoms with Crippen molar-refractivity contribution in [3.05, 3.63) is 18.2 Å². The fourth-order valence-electron chi connectivity index (χ4n) is 10.7. The molecule has 0 radical (unpaired) electrons. The molecule has 1 aromatic carbocycles. The highest BCUT2D eigenvalue weighted by atomic mass is 16.5. The Labute approximate surface area is 258 Å². The lowest BCUT2D eigenvalue weighted by Gasteiger charge is -2.61. The third kappa shape index (κ3) is 6.50. The molecule has 4 saturated carbocycles. The summed E-state index contributed by atoms with van der Waals surface area (Å²) in [6.07, 6.45) is 18.1. The first kappa shape index (κ1) is 32.0. The molecule has 5 rings (SSSR count). The molecule has 42 heavy (non-hydrogen) atoms. The molecule has 0 spiro atoms. The number of unbranched alkanes of at least 4 members (excludes halogenated alkanes) is 1. The first-order valence-corrected chi connectivity index (χ1v) is 17.9. The molecular formula is C38H64N2O2. The van der Waals surface area contributed by atoms with Crippen molar-refractivity contribution in [2.75, 3.05) is 24.7 Å². The second-order valence-corrected chi connectivity index (χ2v) is 16.3. The first-order chi connectivity index (χ1) is 20.0. The Bertz CT molecular complexity index is 1030. The number of benzene rings is 1. The Kier molecular flexibility index (Phi) is 10.1. The molecule has 4 aliphatic carbocycles. The highest BCUT2D eigenvalue weighted by molar-refractivity contribution is 5.60. The van der Waals surface area contributed by atoms with Crippen molar-refractivity contribution < 1.29 is 9.47 Å². The molecule has 7 unspecified atom stereocenters. The SMILES string of the molecule is CC(CC[C@H](C)C(C)C)C1CCC2C3CCC4CC(OCCCCOc5ccc(N)cc5N)CC[C@]4(C)C3CC[C@]12C. The molecule has 0 aromatic heterocycles. The van der Waals surface area contributed by atoms with Crippen LogP contribution in [0.15, 0.2) is 18.2 Å². The van der Waals surface area contributed by atoms with E-state index in [0.29, 0.717) is 34.9 Å². The van der Waals surface area contributed by atoms with E-state index in [1.807, 2.05) is 12.1 Å². The van der Waals surface area contributed by atoms with Gasteiger partial charge < -0.3 is 20.9 Å². The summed E-state index contributed by atoms with van der Waals surface area (Å²) >= 11 is 0. The number of hydrogen-bond donors (Lipinski definition) is 2. The van der Waals surface area contributed by atoms with E-state index in [4.69, 9.17) is 20.9 Å². The van der Waals surface area contributed by atoms with Crippen LogP contribution >= 0.6 is 0 Å². The molecule has 4 aliphatic rings. The Balaban J connectivity index is 1.08. The van der Waals surface area contributed by atoms with Crippen LogP contribution in [-0.4, -0.2) is 19.3 Å². The van der Waals surface area contributed by atoms with Gasteiger partial charge in [-0.05, 0) is 147 Å². The van der Waals surface area contributed by atoms with Gasteiger partial charge >= 0.3 is 0 Å². The van der Waals surface area contributed by atoms with Crippen molar-refractivity contribution in [3.63, 3.8) is 0 Å². The summed E-state index contributed by atoms with van der Waals surface area (Å²) in [5.74, 6) is 8.00. The summed E-state index contributed by atoms with van der Waals surface area (Å²) in [4.78, 5) is 0. The van der Waals surface area contributed by atoms with Crippen LogP contribution in [0.2, 0.25) is 0 Å². The van der Waals surface area contributed by atoms with Gasteiger partial charge in [-0.1, -0.05) is 54.4 Å². The van der Waals surface area contributed by atoms with Crippen molar-refractivity contribution in [1.29, 1.82) is 0 Å². The van der Waals surface area contributed by atoms with Crippen molar-refractivity contribution in [1.82, 2.24) is 0 Å². The Morgan fingerprint density at radius 3 is 2.33 bits per heavy atom. The fraction of sp³-hybridized carbons (Fsp3) is 0.842. The number of nitrogens with two attached hydrogens (primary N) is 2. The molecule has 0 amide bonds. The molecule has 4 N–H and O–H groups in total. The molecule has 4 heteroatoms. The summed E-state index contributed by atoms with van der Waals surface area (Å²) in [6, 6.07) is 5.46. The molecular weight excluding hydrogens is 516 g/mol. The van der Waals surface area contributed by atoms with Gasteiger partial charge in [-0.3, -0.25) is 0 Å². The molecule has 4 nitrogen and oxygen atoms in total. The predicted molar refractivity (Wildman–Crippen MR) is 177 cm³/mol. The van der Waals surface area contributed by atoms with Crippen molar-refractivity contribution in [3.8, 4) is 5.75 Å². The third-order valence-electron chi connectivity index (χ3n) is 13.8. The molecule has 0 aliphatic heterocycles. The Hall–Kier alpha value is -1.42. The first-order valence-electron chi connectivity index (χ1n) is 17.9. The highest BCUT2D eigenvalue weighted by Crippen LogP contribution is 2.68. The zero-order chi connectivity index (χ0) is 30.1. The van der Waals surface area contributed by atoms with Gasteiger partial charge in [0.1, 0.15) is 5.75 Å². The van der Waals surface area contributed by atoms with E-state index in [1.165, 1.54) is 70.6 Å². The average Bonchev–Trinajstić information content (AvgIpc) is 3.31. The van der Waals surface area contributed by atoms with Gasteiger partial charge in [-0.2, -0.15) is 0 Å². The summed E-state index contributed by atoms with van der Waals surface area (Å²) in [6.45, 7) is 16.8. The zero-order valence-corrected chi connectivity index (χ0v) is 28.0. The summed E-state index contributed by atoms with van der Waals surface area (Å²) in [7, 11) is 0. The van der Waals surface area contributed by atoms with Gasteiger partial charge in [0.2, 0.25) is 0 Å². The standard InChI is InChI=1S/C38H64N2O2/c1-25(2)26(3)9-10-27(4)32-14-15-33-31-13-11-28-23-30(17-19-37(28,5)34(31)18-20-38(32,33)6)41-21-7-8-22-42-36-16-12-29(39)24-35(36)40/h12,16,24-28,30-34H,7-11,13-15,17-23,39-40H2,1-6H3/t26-,27?,28?,30?,31?,32?,33?,34?,37-,38+/m0/s1. The average molecular weight is 581 g/mol. The van der Waals surface area contributed by atoms with Gasteiger partial charge in [-0.15, -0.1) is 0 Å². The summed E-state index contributed by atoms with van der Waals surface area (Å²) in [5, 5.41) is 0. The smallest absolute Gasteiger partial charge is 0.142 e. The number of rotatable bonds is 12. The third-order valence-corrected chi connectivity index (χ3v) is 13.8. The number of hydrogen-bond acceptors (Lipinski definition) is 4. The van der Waals surface area contributed by atoms with Crippen LogP contribution in [0.25, 0.3) is 0 Å². The number of ether oxygens (including phenoxy) is 2. The summed E-state index contributed by atoms with van der Waals surface area (Å²) in [5.41, 5.74) is 14.2. The van der Waals surface area contributed by atoms with E-state index < -0.39 is 0 Å². The quantitative estimate of drug-likeness (QED) is 0.191. The molecule has 0 saturated heterocycles. The predicted octanol–water partition coefficient (Wildman–Crippen LogP) is 9.76. The lowest BCUT2D eigenvalue weighted by molar-refractivity contribution is -0.137. The van der Waals surface area contributed by atoms with Gasteiger partial charge in [0.15, 0.2) is 0 Å². The lowest BCUT2D eigenvalue weighted by atomic mass is 9.44. The van der Waals surface area contributed by atoms with Crippen molar-refractivity contribution in [2.24, 2.45) is 58.2 Å². The second kappa shape index (κ2) is 13.3. The van der Waals surface area contributed by atoms with E-state index in [-0.39, 0.29) is 0 Å². The van der Waals surface area contributed by atoms with Gasteiger partial charge in [0, 0.05) is 12.3 Å². The van der Waals surface area contributed by atoms with Crippen LogP contribution in [0.4, 0.5) is 11.4 Å². The minimum absolute atomic E-state index is 0.451.